The van der Waals surface area contributed by atoms with Gasteiger partial charge in [0, 0.05) is 16.5 Å². The highest BCUT2D eigenvalue weighted by molar-refractivity contribution is 6.01. The predicted octanol–water partition coefficient (Wildman–Crippen LogP) is 2.70. The number of amides is 1. The molecule has 3 aromatic rings. The van der Waals surface area contributed by atoms with Crippen molar-refractivity contribution in [1.29, 1.82) is 0 Å². The monoisotopic (exact) mass is 291 g/mol. The zero-order valence-corrected chi connectivity index (χ0v) is 11.6. The molecule has 0 bridgehead atoms. The summed E-state index contributed by atoms with van der Waals surface area (Å²) in [5.74, 6) is -0.300. The minimum Gasteiger partial charge on any atom is -0.506 e. The van der Waals surface area contributed by atoms with Gasteiger partial charge in [0.1, 0.15) is 5.75 Å². The number of hydrazone groups is 1. The quantitative estimate of drug-likeness (QED) is 0.575. The van der Waals surface area contributed by atoms with E-state index in [4.69, 9.17) is 0 Å². The molecule has 0 saturated heterocycles. The van der Waals surface area contributed by atoms with Gasteiger partial charge in [-0.3, -0.25) is 9.78 Å². The molecule has 2 N–H and O–H groups in total. The van der Waals surface area contributed by atoms with Crippen LogP contribution < -0.4 is 5.43 Å². The second-order valence-corrected chi connectivity index (χ2v) is 4.64. The van der Waals surface area contributed by atoms with Crippen molar-refractivity contribution in [2.45, 2.75) is 0 Å². The van der Waals surface area contributed by atoms with Gasteiger partial charge < -0.3 is 5.11 Å². The summed E-state index contributed by atoms with van der Waals surface area (Å²) in [6.45, 7) is 0. The van der Waals surface area contributed by atoms with Crippen LogP contribution in [-0.4, -0.2) is 22.2 Å². The summed E-state index contributed by atoms with van der Waals surface area (Å²) in [5.41, 5.74) is 4.21. The van der Waals surface area contributed by atoms with E-state index in [1.54, 1.807) is 24.3 Å². The van der Waals surface area contributed by atoms with E-state index in [2.05, 4.69) is 15.5 Å². The fourth-order valence-electron chi connectivity index (χ4n) is 2.10. The van der Waals surface area contributed by atoms with Crippen molar-refractivity contribution in [3.05, 3.63) is 71.9 Å². The first-order chi connectivity index (χ1) is 10.8. The predicted molar refractivity (Wildman–Crippen MR) is 84.9 cm³/mol. The highest BCUT2D eigenvalue weighted by atomic mass is 16.3. The molecule has 2 aromatic carbocycles. The Kier molecular flexibility index (Phi) is 3.78. The van der Waals surface area contributed by atoms with Crippen LogP contribution in [0.2, 0.25) is 0 Å². The third-order valence-electron chi connectivity index (χ3n) is 3.19. The maximum atomic E-state index is 11.9. The highest BCUT2D eigenvalue weighted by Crippen LogP contribution is 2.22. The minimum absolute atomic E-state index is 0.0106. The van der Waals surface area contributed by atoms with Crippen molar-refractivity contribution in [3.8, 4) is 5.75 Å². The van der Waals surface area contributed by atoms with Crippen molar-refractivity contribution in [2.75, 3.05) is 0 Å². The van der Waals surface area contributed by atoms with Crippen LogP contribution in [-0.2, 0) is 0 Å². The Morgan fingerprint density at radius 3 is 2.64 bits per heavy atom. The number of hydrogen-bond acceptors (Lipinski definition) is 4. The van der Waals surface area contributed by atoms with Gasteiger partial charge in [-0.25, -0.2) is 5.43 Å². The number of pyridine rings is 1. The molecule has 0 radical (unpaired) electrons. The summed E-state index contributed by atoms with van der Waals surface area (Å²) in [4.78, 5) is 16.0. The molecule has 3 rings (SSSR count). The normalized spacial score (nSPS) is 10.9. The number of aromatic nitrogens is 1. The van der Waals surface area contributed by atoms with E-state index in [1.165, 1.54) is 12.4 Å². The first-order valence-corrected chi connectivity index (χ1v) is 6.71. The van der Waals surface area contributed by atoms with Crippen LogP contribution in [0, 0.1) is 0 Å². The van der Waals surface area contributed by atoms with Crippen LogP contribution in [0.25, 0.3) is 10.9 Å². The number of carbonyl (C=O) groups excluding carboxylic acids is 1. The third kappa shape index (κ3) is 2.78. The van der Waals surface area contributed by atoms with Crippen LogP contribution in [0.1, 0.15) is 15.9 Å². The molecule has 0 aliphatic rings. The zero-order valence-electron chi connectivity index (χ0n) is 11.6. The fourth-order valence-corrected chi connectivity index (χ4v) is 2.10. The molecule has 1 heterocycles. The topological polar surface area (TPSA) is 74.6 Å². The summed E-state index contributed by atoms with van der Waals surface area (Å²) in [7, 11) is 0. The maximum Gasteiger partial charge on any atom is 0.271 e. The number of para-hydroxylation sites is 1. The van der Waals surface area contributed by atoms with Crippen molar-refractivity contribution < 1.29 is 9.90 Å². The molecule has 0 fully saturated rings. The van der Waals surface area contributed by atoms with Gasteiger partial charge in [-0.15, -0.1) is 0 Å². The molecular formula is C17H13N3O2. The van der Waals surface area contributed by atoms with Crippen LogP contribution >= 0.6 is 0 Å². The molecule has 22 heavy (non-hydrogen) atoms. The molecule has 0 atom stereocenters. The van der Waals surface area contributed by atoms with Crippen LogP contribution in [0.5, 0.6) is 5.75 Å². The van der Waals surface area contributed by atoms with Crippen molar-refractivity contribution in [1.82, 2.24) is 10.4 Å². The van der Waals surface area contributed by atoms with E-state index in [0.717, 1.165) is 10.9 Å². The molecule has 5 heteroatoms. The van der Waals surface area contributed by atoms with Gasteiger partial charge >= 0.3 is 0 Å². The lowest BCUT2D eigenvalue weighted by molar-refractivity contribution is 0.0955. The number of nitrogens with zero attached hydrogens (tertiary/aromatic N) is 2. The average Bonchev–Trinajstić information content (AvgIpc) is 2.57. The number of carbonyl (C=O) groups is 1. The Balaban J connectivity index is 1.84. The molecule has 0 spiro atoms. The van der Waals surface area contributed by atoms with Gasteiger partial charge in [-0.05, 0) is 18.2 Å². The van der Waals surface area contributed by atoms with E-state index in [-0.39, 0.29) is 11.7 Å². The third-order valence-corrected chi connectivity index (χ3v) is 3.19. The lowest BCUT2D eigenvalue weighted by Crippen LogP contribution is -2.17. The first kappa shape index (κ1) is 13.8. The second kappa shape index (κ2) is 6.05. The molecule has 0 aliphatic carbocycles. The molecule has 0 saturated carbocycles. The van der Waals surface area contributed by atoms with Gasteiger partial charge in [-0.2, -0.15) is 5.10 Å². The van der Waals surface area contributed by atoms with Gasteiger partial charge in [0.15, 0.2) is 0 Å². The summed E-state index contributed by atoms with van der Waals surface area (Å²) in [6.07, 6.45) is 2.78. The Bertz CT molecular complexity index is 845. The molecule has 5 nitrogen and oxygen atoms in total. The smallest absolute Gasteiger partial charge is 0.271 e. The van der Waals surface area contributed by atoms with Crippen molar-refractivity contribution >= 4 is 23.0 Å². The number of benzene rings is 2. The van der Waals surface area contributed by atoms with Gasteiger partial charge in [0.05, 0.1) is 17.9 Å². The largest absolute Gasteiger partial charge is 0.506 e. The van der Waals surface area contributed by atoms with E-state index in [1.807, 2.05) is 30.3 Å². The summed E-state index contributed by atoms with van der Waals surface area (Å²) in [5, 5.41) is 14.6. The van der Waals surface area contributed by atoms with Gasteiger partial charge in [0.25, 0.3) is 5.91 Å². The van der Waals surface area contributed by atoms with E-state index >= 15 is 0 Å². The van der Waals surface area contributed by atoms with E-state index in [0.29, 0.717) is 11.1 Å². The lowest BCUT2D eigenvalue weighted by Gasteiger charge is -2.04. The number of rotatable bonds is 3. The molecule has 0 aliphatic heterocycles. The second-order valence-electron chi connectivity index (χ2n) is 4.64. The highest BCUT2D eigenvalue weighted by Gasteiger charge is 2.06. The lowest BCUT2D eigenvalue weighted by atomic mass is 10.1. The Labute approximate surface area is 126 Å². The molecule has 1 amide bonds. The summed E-state index contributed by atoms with van der Waals surface area (Å²) in [6, 6.07) is 16.2. The van der Waals surface area contributed by atoms with Gasteiger partial charge in [0.2, 0.25) is 0 Å². The standard InChI is InChI=1S/C17H13N3O2/c21-16-11-18-15-9-5-4-8-13(15)14(16)10-19-20-17(22)12-6-2-1-3-7-12/h1-11,21H,(H,20,22)/b19-10+. The average molecular weight is 291 g/mol. The molecule has 1 aromatic heterocycles. The Hall–Kier alpha value is -3.21. The fraction of sp³-hybridized carbons (Fsp3) is 0. The minimum atomic E-state index is -0.310. The van der Waals surface area contributed by atoms with E-state index < -0.39 is 0 Å². The van der Waals surface area contributed by atoms with Crippen molar-refractivity contribution in [3.63, 3.8) is 0 Å². The van der Waals surface area contributed by atoms with Crippen LogP contribution in [0.3, 0.4) is 0 Å². The Morgan fingerprint density at radius 1 is 1.09 bits per heavy atom. The molecular weight excluding hydrogens is 278 g/mol. The van der Waals surface area contributed by atoms with Gasteiger partial charge in [-0.1, -0.05) is 36.4 Å². The Morgan fingerprint density at radius 2 is 1.82 bits per heavy atom. The maximum absolute atomic E-state index is 11.9. The van der Waals surface area contributed by atoms with Crippen molar-refractivity contribution in [2.24, 2.45) is 5.10 Å². The number of fused-ring (bicyclic) bond motifs is 1. The number of aromatic hydroxyl groups is 1. The number of hydrogen-bond donors (Lipinski definition) is 2. The van der Waals surface area contributed by atoms with Crippen LogP contribution in [0.4, 0.5) is 0 Å². The first-order valence-electron chi connectivity index (χ1n) is 6.71. The molecule has 108 valence electrons. The summed E-state index contributed by atoms with van der Waals surface area (Å²) >= 11 is 0. The molecule has 0 unspecified atom stereocenters. The SMILES string of the molecule is O=C(N/N=C/c1c(O)cnc2ccccc12)c1ccccc1. The summed E-state index contributed by atoms with van der Waals surface area (Å²) < 4.78 is 0. The number of nitrogens with one attached hydrogen (secondary N) is 1. The van der Waals surface area contributed by atoms with Crippen LogP contribution in [0.15, 0.2) is 65.9 Å². The zero-order chi connectivity index (χ0) is 15.4. The van der Waals surface area contributed by atoms with E-state index in [9.17, 15) is 9.90 Å².